The Labute approximate surface area is 200 Å². The minimum absolute atomic E-state index is 0. The molecule has 2 N–H and O–H groups in total. The highest BCUT2D eigenvalue weighted by Crippen LogP contribution is 2.36. The third kappa shape index (κ3) is 6.14. The summed E-state index contributed by atoms with van der Waals surface area (Å²) in [6, 6.07) is 5.64. The zero-order valence-corrected chi connectivity index (χ0v) is 19.4. The number of ether oxygens (including phenoxy) is 2. The van der Waals surface area contributed by atoms with Gasteiger partial charge in [0.15, 0.2) is 14.6 Å². The van der Waals surface area contributed by atoms with E-state index in [2.05, 4.69) is 9.97 Å². The monoisotopic (exact) mass is 525 g/mol. The molecule has 1 aliphatic rings. The maximum absolute atomic E-state index is 13.2. The van der Waals surface area contributed by atoms with E-state index in [1.807, 2.05) is 0 Å². The summed E-state index contributed by atoms with van der Waals surface area (Å²) in [6.45, 7) is -0.0375. The number of alkyl halides is 3. The Hall–Kier alpha value is -2.48. The van der Waals surface area contributed by atoms with Gasteiger partial charge < -0.3 is 9.47 Å². The molecule has 1 aromatic carbocycles. The summed E-state index contributed by atoms with van der Waals surface area (Å²) in [5.74, 6) is -0.942. The van der Waals surface area contributed by atoms with Gasteiger partial charge in [-0.15, -0.1) is 12.4 Å². The lowest BCUT2D eigenvalue weighted by atomic mass is 9.98. The van der Waals surface area contributed by atoms with Gasteiger partial charge in [0, 0.05) is 25.2 Å². The van der Waals surface area contributed by atoms with Crippen molar-refractivity contribution < 1.29 is 41.1 Å². The fourth-order valence-electron chi connectivity index (χ4n) is 3.44. The molecule has 3 rings (SSSR count). The number of carbonyl (C=O) groups is 1. The Morgan fingerprint density at radius 2 is 1.79 bits per heavy atom. The van der Waals surface area contributed by atoms with Crippen LogP contribution in [0, 0.1) is 0 Å². The van der Waals surface area contributed by atoms with Crippen LogP contribution in [0.5, 0.6) is 5.88 Å². The van der Waals surface area contributed by atoms with Crippen molar-refractivity contribution in [2.75, 3.05) is 19.8 Å². The number of carbonyl (C=O) groups excluding carboxylic acids is 1. The zero-order valence-electron chi connectivity index (χ0n) is 17.7. The van der Waals surface area contributed by atoms with Gasteiger partial charge in [0.05, 0.1) is 29.6 Å². The molecule has 0 bridgehead atoms. The molecule has 0 radical (unpaired) electrons. The standard InChI is InChI=1S/C20H22F3N3O6S.ClH/c21-20(22,23)6-1-9-32-17-13-24-16(12-25-17)14-2-4-15(5-3-14)33(29,30)19(18(27)26-28)7-10-31-11-8-19;/h2-5,12-13,28H,1,6-11H2,(H,26,27);1H. The van der Waals surface area contributed by atoms with Gasteiger partial charge in [0.1, 0.15) is 0 Å². The second kappa shape index (κ2) is 11.3. The average Bonchev–Trinajstić information content (AvgIpc) is 2.81. The molecule has 34 heavy (non-hydrogen) atoms. The Bertz CT molecular complexity index is 1060. The van der Waals surface area contributed by atoms with Gasteiger partial charge in [-0.3, -0.25) is 10.0 Å². The number of benzene rings is 1. The summed E-state index contributed by atoms with van der Waals surface area (Å²) in [7, 11) is -4.15. The second-order valence-electron chi connectivity index (χ2n) is 7.38. The Balaban J connectivity index is 0.00000408. The molecule has 0 atom stereocenters. The van der Waals surface area contributed by atoms with Gasteiger partial charge in [-0.2, -0.15) is 13.2 Å². The van der Waals surface area contributed by atoms with Crippen LogP contribution in [-0.2, 0) is 19.4 Å². The number of aromatic nitrogens is 2. The molecule has 2 aromatic rings. The molecular formula is C20H23ClF3N3O6S. The van der Waals surface area contributed by atoms with Crippen molar-refractivity contribution in [3.63, 3.8) is 0 Å². The van der Waals surface area contributed by atoms with Crippen molar-refractivity contribution in [2.24, 2.45) is 0 Å². The number of sulfone groups is 1. The molecule has 9 nitrogen and oxygen atoms in total. The molecule has 1 aliphatic heterocycles. The van der Waals surface area contributed by atoms with E-state index in [0.29, 0.717) is 11.3 Å². The molecule has 14 heteroatoms. The summed E-state index contributed by atoms with van der Waals surface area (Å²) in [4.78, 5) is 20.3. The van der Waals surface area contributed by atoms with Gasteiger partial charge in [0.25, 0.3) is 5.91 Å². The first-order valence-corrected chi connectivity index (χ1v) is 11.5. The molecule has 2 heterocycles. The molecule has 0 spiro atoms. The Morgan fingerprint density at radius 3 is 2.32 bits per heavy atom. The number of nitrogens with one attached hydrogen (secondary N) is 1. The zero-order chi connectivity index (χ0) is 24.1. The van der Waals surface area contributed by atoms with Crippen LogP contribution in [0.2, 0.25) is 0 Å². The summed E-state index contributed by atoms with van der Waals surface area (Å²) in [5.41, 5.74) is 2.37. The third-order valence-electron chi connectivity index (χ3n) is 5.27. The molecule has 0 aliphatic carbocycles. The number of halogens is 4. The smallest absolute Gasteiger partial charge is 0.389 e. The van der Waals surface area contributed by atoms with Crippen LogP contribution in [-0.4, -0.2) is 60.2 Å². The van der Waals surface area contributed by atoms with Crippen LogP contribution in [0.25, 0.3) is 11.3 Å². The van der Waals surface area contributed by atoms with E-state index < -0.39 is 33.1 Å². The van der Waals surface area contributed by atoms with Crippen molar-refractivity contribution in [1.82, 2.24) is 15.4 Å². The minimum Gasteiger partial charge on any atom is -0.477 e. The minimum atomic E-state index is -4.25. The molecule has 1 aromatic heterocycles. The van der Waals surface area contributed by atoms with Crippen LogP contribution in [0.3, 0.4) is 0 Å². The van der Waals surface area contributed by atoms with Crippen molar-refractivity contribution in [3.05, 3.63) is 36.7 Å². The predicted octanol–water partition coefficient (Wildman–Crippen LogP) is 3.12. The molecule has 1 amide bonds. The van der Waals surface area contributed by atoms with Crippen LogP contribution in [0.4, 0.5) is 13.2 Å². The summed E-state index contributed by atoms with van der Waals surface area (Å²) < 4.78 is 71.4. The summed E-state index contributed by atoms with van der Waals surface area (Å²) in [5, 5.41) is 9.10. The highest BCUT2D eigenvalue weighted by Gasteiger charge is 2.52. The number of amides is 1. The van der Waals surface area contributed by atoms with Gasteiger partial charge >= 0.3 is 6.18 Å². The molecule has 1 fully saturated rings. The second-order valence-corrected chi connectivity index (χ2v) is 9.64. The van der Waals surface area contributed by atoms with E-state index in [0.717, 1.165) is 0 Å². The maximum atomic E-state index is 13.2. The molecule has 1 saturated heterocycles. The summed E-state index contributed by atoms with van der Waals surface area (Å²) >= 11 is 0. The number of hydrogen-bond donors (Lipinski definition) is 2. The summed E-state index contributed by atoms with van der Waals surface area (Å²) in [6.07, 6.45) is -2.99. The van der Waals surface area contributed by atoms with E-state index in [1.54, 1.807) is 0 Å². The number of rotatable bonds is 8. The first kappa shape index (κ1) is 27.8. The van der Waals surface area contributed by atoms with Crippen LogP contribution in [0.1, 0.15) is 25.7 Å². The van der Waals surface area contributed by atoms with Crippen LogP contribution >= 0.6 is 12.4 Å². The predicted molar refractivity (Wildman–Crippen MR) is 115 cm³/mol. The number of nitrogens with zero attached hydrogens (tertiary/aromatic N) is 2. The van der Waals surface area contributed by atoms with Gasteiger partial charge in [0.2, 0.25) is 5.88 Å². The van der Waals surface area contributed by atoms with Crippen molar-refractivity contribution in [1.29, 1.82) is 0 Å². The van der Waals surface area contributed by atoms with Gasteiger partial charge in [-0.05, 0) is 31.4 Å². The van der Waals surface area contributed by atoms with E-state index in [9.17, 15) is 26.4 Å². The van der Waals surface area contributed by atoms with Crippen molar-refractivity contribution in [3.8, 4) is 17.1 Å². The fourth-order valence-corrected chi connectivity index (χ4v) is 5.38. The van der Waals surface area contributed by atoms with E-state index in [-0.39, 0.29) is 62.3 Å². The van der Waals surface area contributed by atoms with E-state index in [1.165, 1.54) is 42.1 Å². The lowest BCUT2D eigenvalue weighted by Gasteiger charge is -2.34. The first-order valence-electron chi connectivity index (χ1n) is 9.98. The maximum Gasteiger partial charge on any atom is 0.389 e. The van der Waals surface area contributed by atoms with E-state index >= 15 is 0 Å². The van der Waals surface area contributed by atoms with Crippen LogP contribution in [0.15, 0.2) is 41.6 Å². The Morgan fingerprint density at radius 1 is 1.15 bits per heavy atom. The van der Waals surface area contributed by atoms with Crippen LogP contribution < -0.4 is 10.2 Å². The van der Waals surface area contributed by atoms with Gasteiger partial charge in [-0.1, -0.05) is 12.1 Å². The first-order chi connectivity index (χ1) is 15.6. The normalized spacial score (nSPS) is 15.8. The molecule has 0 unspecified atom stereocenters. The van der Waals surface area contributed by atoms with Gasteiger partial charge in [-0.25, -0.2) is 23.9 Å². The molecule has 0 saturated carbocycles. The number of hydrogen-bond acceptors (Lipinski definition) is 8. The lowest BCUT2D eigenvalue weighted by Crippen LogP contribution is -2.54. The van der Waals surface area contributed by atoms with Crippen molar-refractivity contribution >= 4 is 28.2 Å². The third-order valence-corrected chi connectivity index (χ3v) is 7.79. The highest BCUT2D eigenvalue weighted by atomic mass is 35.5. The lowest BCUT2D eigenvalue weighted by molar-refractivity contribution is -0.136. The number of hydroxylamine groups is 1. The van der Waals surface area contributed by atoms with E-state index in [4.69, 9.17) is 14.7 Å². The largest absolute Gasteiger partial charge is 0.477 e. The van der Waals surface area contributed by atoms with Crippen molar-refractivity contribution in [2.45, 2.75) is 41.5 Å². The molecular weight excluding hydrogens is 503 g/mol. The fraction of sp³-hybridized carbons (Fsp3) is 0.450. The Kier molecular flexibility index (Phi) is 9.22. The topological polar surface area (TPSA) is 128 Å². The highest BCUT2D eigenvalue weighted by molar-refractivity contribution is 7.93. The SMILES string of the molecule is Cl.O=C(NO)C1(S(=O)(=O)c2ccc(-c3cnc(OCCCC(F)(F)F)cn3)cc2)CCOCC1. The average molecular weight is 526 g/mol. The molecule has 188 valence electrons. The quantitative estimate of drug-likeness (QED) is 0.306.